The Morgan fingerprint density at radius 1 is 1.16 bits per heavy atom. The van der Waals surface area contributed by atoms with Crippen molar-refractivity contribution in [2.75, 3.05) is 26.2 Å². The average molecular weight is 341 g/mol. The topological polar surface area (TPSA) is 58.0 Å². The molecule has 0 bridgehead atoms. The van der Waals surface area contributed by atoms with Gasteiger partial charge in [0.25, 0.3) is 0 Å². The van der Waals surface area contributed by atoms with Crippen LogP contribution in [0, 0.1) is 0 Å². The number of urea groups is 1. The molecule has 25 heavy (non-hydrogen) atoms. The highest BCUT2D eigenvalue weighted by molar-refractivity contribution is 5.74. The van der Waals surface area contributed by atoms with Gasteiger partial charge in [-0.3, -0.25) is 4.90 Å². The minimum atomic E-state index is -0.0611. The second kappa shape index (κ2) is 7.29. The second-order valence-electron chi connectivity index (χ2n) is 6.58. The SMILES string of the molecule is O=C(NCc1ccco1)N1CC2OCCN(Cc3ccccc3)C2C1. The van der Waals surface area contributed by atoms with E-state index in [2.05, 4.69) is 34.5 Å². The molecule has 1 aromatic carbocycles. The number of morpholine rings is 1. The lowest BCUT2D eigenvalue weighted by Crippen LogP contribution is -2.50. The summed E-state index contributed by atoms with van der Waals surface area (Å²) in [6, 6.07) is 14.3. The number of ether oxygens (including phenoxy) is 1. The molecular formula is C19H23N3O3. The lowest BCUT2D eigenvalue weighted by atomic mass is 10.1. The second-order valence-corrected chi connectivity index (χ2v) is 6.58. The van der Waals surface area contributed by atoms with Crippen molar-refractivity contribution >= 4 is 6.03 Å². The molecule has 132 valence electrons. The molecule has 6 nitrogen and oxygen atoms in total. The number of nitrogens with one attached hydrogen (secondary N) is 1. The van der Waals surface area contributed by atoms with Gasteiger partial charge in [-0.25, -0.2) is 4.79 Å². The van der Waals surface area contributed by atoms with E-state index in [1.165, 1.54) is 5.56 Å². The van der Waals surface area contributed by atoms with Gasteiger partial charge >= 0.3 is 6.03 Å². The van der Waals surface area contributed by atoms with Crippen molar-refractivity contribution in [1.29, 1.82) is 0 Å². The lowest BCUT2D eigenvalue weighted by Gasteiger charge is -2.36. The smallest absolute Gasteiger partial charge is 0.317 e. The molecule has 3 heterocycles. The quantitative estimate of drug-likeness (QED) is 0.925. The van der Waals surface area contributed by atoms with Gasteiger partial charge < -0.3 is 19.4 Å². The molecule has 6 heteroatoms. The highest BCUT2D eigenvalue weighted by atomic mass is 16.5. The van der Waals surface area contributed by atoms with E-state index >= 15 is 0 Å². The molecule has 2 aliphatic rings. The minimum Gasteiger partial charge on any atom is -0.467 e. The predicted molar refractivity (Wildman–Crippen MR) is 92.9 cm³/mol. The van der Waals surface area contributed by atoms with Crippen molar-refractivity contribution < 1.29 is 13.9 Å². The Hall–Kier alpha value is -2.31. The molecule has 4 rings (SSSR count). The standard InChI is InChI=1S/C19H23N3O3/c23-19(20-11-16-7-4-9-24-16)22-13-17-18(14-22)25-10-8-21(17)12-15-5-2-1-3-6-15/h1-7,9,17-18H,8,10-14H2,(H,20,23). The molecule has 2 saturated heterocycles. The maximum atomic E-state index is 12.4. The van der Waals surface area contributed by atoms with E-state index in [-0.39, 0.29) is 18.2 Å². The van der Waals surface area contributed by atoms with Crippen LogP contribution in [0.5, 0.6) is 0 Å². The lowest BCUT2D eigenvalue weighted by molar-refractivity contribution is -0.0503. The Kier molecular flexibility index (Phi) is 4.72. The van der Waals surface area contributed by atoms with E-state index < -0.39 is 0 Å². The molecule has 0 radical (unpaired) electrons. The van der Waals surface area contributed by atoms with E-state index in [0.717, 1.165) is 25.5 Å². The fourth-order valence-corrected chi connectivity index (χ4v) is 3.63. The van der Waals surface area contributed by atoms with Gasteiger partial charge in [0, 0.05) is 19.6 Å². The fraction of sp³-hybridized carbons (Fsp3) is 0.421. The van der Waals surface area contributed by atoms with E-state index in [1.807, 2.05) is 23.1 Å². The van der Waals surface area contributed by atoms with Crippen LogP contribution in [-0.2, 0) is 17.8 Å². The summed E-state index contributed by atoms with van der Waals surface area (Å²) >= 11 is 0. The van der Waals surface area contributed by atoms with Crippen LogP contribution < -0.4 is 5.32 Å². The molecule has 2 aliphatic heterocycles. The maximum Gasteiger partial charge on any atom is 0.317 e. The van der Waals surface area contributed by atoms with Crippen LogP contribution in [-0.4, -0.2) is 54.2 Å². The van der Waals surface area contributed by atoms with Gasteiger partial charge in [-0.1, -0.05) is 30.3 Å². The first-order chi connectivity index (χ1) is 12.3. The number of hydrogen-bond donors (Lipinski definition) is 1. The number of furan rings is 1. The van der Waals surface area contributed by atoms with Crippen molar-refractivity contribution in [3.05, 3.63) is 60.1 Å². The van der Waals surface area contributed by atoms with Crippen LogP contribution in [0.3, 0.4) is 0 Å². The molecule has 2 unspecified atom stereocenters. The first kappa shape index (κ1) is 16.2. The van der Waals surface area contributed by atoms with Crippen molar-refractivity contribution in [2.24, 2.45) is 0 Å². The number of likely N-dealkylation sites (tertiary alicyclic amines) is 1. The third-order valence-electron chi connectivity index (χ3n) is 4.93. The van der Waals surface area contributed by atoms with Gasteiger partial charge in [0.15, 0.2) is 0 Å². The average Bonchev–Trinajstić information content (AvgIpc) is 3.30. The van der Waals surface area contributed by atoms with Crippen molar-refractivity contribution in [2.45, 2.75) is 25.2 Å². The first-order valence-electron chi connectivity index (χ1n) is 8.74. The van der Waals surface area contributed by atoms with Gasteiger partial charge in [0.05, 0.1) is 38.1 Å². The van der Waals surface area contributed by atoms with Gasteiger partial charge in [-0.05, 0) is 17.7 Å². The first-order valence-corrected chi connectivity index (χ1v) is 8.74. The number of rotatable bonds is 4. The van der Waals surface area contributed by atoms with Crippen LogP contribution in [0.4, 0.5) is 4.79 Å². The summed E-state index contributed by atoms with van der Waals surface area (Å²) in [4.78, 5) is 16.7. The van der Waals surface area contributed by atoms with Crippen molar-refractivity contribution in [3.63, 3.8) is 0 Å². The number of nitrogens with zero attached hydrogens (tertiary/aromatic N) is 2. The number of amides is 2. The van der Waals surface area contributed by atoms with Crippen LogP contribution in [0.15, 0.2) is 53.1 Å². The minimum absolute atomic E-state index is 0.0611. The third-order valence-corrected chi connectivity index (χ3v) is 4.93. The number of fused-ring (bicyclic) bond motifs is 1. The molecule has 1 N–H and O–H groups in total. The zero-order valence-corrected chi connectivity index (χ0v) is 14.1. The number of carbonyl (C=O) groups is 1. The summed E-state index contributed by atoms with van der Waals surface area (Å²) in [5, 5.41) is 2.92. The molecule has 2 fully saturated rings. The monoisotopic (exact) mass is 341 g/mol. The van der Waals surface area contributed by atoms with Crippen molar-refractivity contribution in [1.82, 2.24) is 15.1 Å². The van der Waals surface area contributed by atoms with Crippen LogP contribution in [0.1, 0.15) is 11.3 Å². The van der Waals surface area contributed by atoms with Crippen LogP contribution in [0.25, 0.3) is 0 Å². The molecule has 0 saturated carbocycles. The Balaban J connectivity index is 1.36. The van der Waals surface area contributed by atoms with E-state index in [9.17, 15) is 4.79 Å². The number of carbonyl (C=O) groups excluding carboxylic acids is 1. The van der Waals surface area contributed by atoms with E-state index in [4.69, 9.17) is 9.15 Å². The van der Waals surface area contributed by atoms with Crippen LogP contribution in [0.2, 0.25) is 0 Å². The zero-order valence-electron chi connectivity index (χ0n) is 14.1. The molecule has 0 spiro atoms. The van der Waals surface area contributed by atoms with Gasteiger partial charge in [-0.2, -0.15) is 0 Å². The summed E-state index contributed by atoms with van der Waals surface area (Å²) < 4.78 is 11.2. The van der Waals surface area contributed by atoms with Gasteiger partial charge in [0.1, 0.15) is 5.76 Å². The van der Waals surface area contributed by atoms with Crippen molar-refractivity contribution in [3.8, 4) is 0 Å². The Morgan fingerprint density at radius 2 is 2.04 bits per heavy atom. The molecule has 2 amide bonds. The summed E-state index contributed by atoms with van der Waals surface area (Å²) in [5.41, 5.74) is 1.30. The summed E-state index contributed by atoms with van der Waals surface area (Å²) in [6.45, 7) is 4.26. The highest BCUT2D eigenvalue weighted by Gasteiger charge is 2.41. The van der Waals surface area contributed by atoms with Gasteiger partial charge in [0.2, 0.25) is 0 Å². The fourth-order valence-electron chi connectivity index (χ4n) is 3.63. The summed E-state index contributed by atoms with van der Waals surface area (Å²) in [6.07, 6.45) is 1.70. The third kappa shape index (κ3) is 3.70. The maximum absolute atomic E-state index is 12.4. The summed E-state index contributed by atoms with van der Waals surface area (Å²) in [5.74, 6) is 0.756. The highest BCUT2D eigenvalue weighted by Crippen LogP contribution is 2.24. The summed E-state index contributed by atoms with van der Waals surface area (Å²) in [7, 11) is 0. The Labute approximate surface area is 147 Å². The van der Waals surface area contributed by atoms with E-state index in [0.29, 0.717) is 19.6 Å². The normalized spacial score (nSPS) is 23.4. The molecule has 0 aliphatic carbocycles. The number of hydrogen-bond acceptors (Lipinski definition) is 4. The molecular weight excluding hydrogens is 318 g/mol. The van der Waals surface area contributed by atoms with Gasteiger partial charge in [-0.15, -0.1) is 0 Å². The number of benzene rings is 1. The Morgan fingerprint density at radius 3 is 2.84 bits per heavy atom. The van der Waals surface area contributed by atoms with E-state index in [1.54, 1.807) is 6.26 Å². The van der Waals surface area contributed by atoms with Crippen LogP contribution >= 0.6 is 0 Å². The Bertz CT molecular complexity index is 689. The predicted octanol–water partition coefficient (Wildman–Crippen LogP) is 2.07. The largest absolute Gasteiger partial charge is 0.467 e. The molecule has 2 aromatic rings. The zero-order chi connectivity index (χ0) is 17.1. The molecule has 2 atom stereocenters. The molecule has 1 aromatic heterocycles.